The van der Waals surface area contributed by atoms with Crippen LogP contribution < -0.4 is 14.2 Å². The molecule has 0 aliphatic carbocycles. The molecule has 0 heterocycles. The number of benzene rings is 3. The van der Waals surface area contributed by atoms with Crippen molar-refractivity contribution in [3.63, 3.8) is 0 Å². The Balaban J connectivity index is 1.77. The van der Waals surface area contributed by atoms with Crippen LogP contribution in [0.5, 0.6) is 17.2 Å². The first-order chi connectivity index (χ1) is 13.2. The maximum Gasteiger partial charge on any atom is 0.180 e. The molecule has 0 aliphatic heterocycles. The molecule has 0 N–H and O–H groups in total. The fourth-order valence-corrected chi connectivity index (χ4v) is 2.78. The number of methoxy groups -OCH3 is 2. The van der Waals surface area contributed by atoms with E-state index >= 15 is 0 Å². The van der Waals surface area contributed by atoms with Crippen molar-refractivity contribution in [1.29, 1.82) is 0 Å². The quantitative estimate of drug-likeness (QED) is 0.494. The van der Waals surface area contributed by atoms with E-state index < -0.39 is 0 Å². The Bertz CT molecular complexity index is 909. The van der Waals surface area contributed by atoms with Crippen LogP contribution in [0.1, 0.15) is 11.1 Å². The summed E-state index contributed by atoms with van der Waals surface area (Å²) < 4.78 is 16.5. The maximum atomic E-state index is 6.42. The van der Waals surface area contributed by atoms with E-state index in [1.165, 1.54) is 0 Å². The molecule has 5 heteroatoms. The molecule has 3 aromatic rings. The van der Waals surface area contributed by atoms with Crippen molar-refractivity contribution in [3.8, 4) is 17.2 Å². The zero-order valence-corrected chi connectivity index (χ0v) is 15.9. The second-order valence-corrected chi connectivity index (χ2v) is 6.17. The number of aliphatic imine (C=N–C) groups is 1. The second-order valence-electron chi connectivity index (χ2n) is 5.76. The van der Waals surface area contributed by atoms with E-state index in [4.69, 9.17) is 25.8 Å². The van der Waals surface area contributed by atoms with Crippen LogP contribution in [0.25, 0.3) is 0 Å². The van der Waals surface area contributed by atoms with E-state index in [9.17, 15) is 0 Å². The van der Waals surface area contributed by atoms with E-state index in [0.717, 1.165) is 22.6 Å². The molecule has 4 nitrogen and oxygen atoms in total. The fourth-order valence-electron chi connectivity index (χ4n) is 2.50. The molecule has 0 fully saturated rings. The summed E-state index contributed by atoms with van der Waals surface area (Å²) in [5, 5.41) is 0.474. The summed E-state index contributed by atoms with van der Waals surface area (Å²) in [5.41, 5.74) is 2.69. The van der Waals surface area contributed by atoms with Crippen LogP contribution in [-0.2, 0) is 6.61 Å². The van der Waals surface area contributed by atoms with Gasteiger partial charge in [0, 0.05) is 6.21 Å². The van der Waals surface area contributed by atoms with Gasteiger partial charge in [0.2, 0.25) is 0 Å². The first kappa shape index (κ1) is 18.8. The van der Waals surface area contributed by atoms with Crippen LogP contribution in [0.3, 0.4) is 0 Å². The number of halogens is 1. The van der Waals surface area contributed by atoms with Crippen molar-refractivity contribution >= 4 is 23.5 Å². The smallest absolute Gasteiger partial charge is 0.180 e. The molecule has 138 valence electrons. The Kier molecular flexibility index (Phi) is 6.34. The van der Waals surface area contributed by atoms with E-state index in [0.29, 0.717) is 23.1 Å². The zero-order valence-electron chi connectivity index (χ0n) is 15.2. The Hall–Kier alpha value is -2.98. The molecule has 0 bridgehead atoms. The predicted octanol–water partition coefficient (Wildman–Crippen LogP) is 5.69. The van der Waals surface area contributed by atoms with Crippen molar-refractivity contribution in [2.45, 2.75) is 6.61 Å². The van der Waals surface area contributed by atoms with E-state index in [1.54, 1.807) is 26.5 Å². The molecule has 0 amide bonds. The Labute approximate surface area is 164 Å². The van der Waals surface area contributed by atoms with Gasteiger partial charge in [-0.25, -0.2) is 0 Å². The monoisotopic (exact) mass is 381 g/mol. The highest BCUT2D eigenvalue weighted by Crippen LogP contribution is 2.36. The minimum absolute atomic E-state index is 0.413. The van der Waals surface area contributed by atoms with Gasteiger partial charge in [0.05, 0.1) is 24.9 Å². The highest BCUT2D eigenvalue weighted by molar-refractivity contribution is 6.32. The fraction of sp³-hybridized carbons (Fsp3) is 0.136. The molecule has 0 spiro atoms. The van der Waals surface area contributed by atoms with Crippen LogP contribution in [0.2, 0.25) is 5.02 Å². The number of hydrogen-bond acceptors (Lipinski definition) is 4. The average Bonchev–Trinajstić information content (AvgIpc) is 2.72. The van der Waals surface area contributed by atoms with E-state index in [1.807, 2.05) is 60.7 Å². The van der Waals surface area contributed by atoms with Crippen molar-refractivity contribution in [2.75, 3.05) is 14.2 Å². The molecule has 0 atom stereocenters. The van der Waals surface area contributed by atoms with Crippen LogP contribution in [0.15, 0.2) is 71.7 Å². The highest BCUT2D eigenvalue weighted by Gasteiger charge is 2.12. The zero-order chi connectivity index (χ0) is 19.1. The summed E-state index contributed by atoms with van der Waals surface area (Å²) in [6.45, 7) is 0.413. The van der Waals surface area contributed by atoms with Crippen LogP contribution in [0, 0.1) is 0 Å². The highest BCUT2D eigenvalue weighted by atomic mass is 35.5. The molecule has 3 aromatic carbocycles. The third kappa shape index (κ3) is 5.02. The van der Waals surface area contributed by atoms with Crippen LogP contribution >= 0.6 is 11.6 Å². The SMILES string of the molecule is COc1ccc(N=Cc2cc(Cl)c(OCc3ccccc3)c(OC)c2)cc1. The third-order valence-electron chi connectivity index (χ3n) is 3.91. The van der Waals surface area contributed by atoms with Gasteiger partial charge in [-0.3, -0.25) is 4.99 Å². The Morgan fingerprint density at radius 3 is 2.33 bits per heavy atom. The third-order valence-corrected chi connectivity index (χ3v) is 4.19. The Morgan fingerprint density at radius 1 is 0.926 bits per heavy atom. The number of nitrogens with zero attached hydrogens (tertiary/aromatic N) is 1. The lowest BCUT2D eigenvalue weighted by Gasteiger charge is -2.13. The first-order valence-corrected chi connectivity index (χ1v) is 8.80. The standard InChI is InChI=1S/C22H20ClNO3/c1-25-19-10-8-18(9-11-19)24-14-17-12-20(23)22(21(13-17)26-2)27-15-16-6-4-3-5-7-16/h3-14H,15H2,1-2H3. The van der Waals surface area contributed by atoms with Crippen LogP contribution in [-0.4, -0.2) is 20.4 Å². The minimum atomic E-state index is 0.413. The molecule has 0 aliphatic rings. The lowest BCUT2D eigenvalue weighted by atomic mass is 10.2. The van der Waals surface area contributed by atoms with E-state index in [2.05, 4.69) is 4.99 Å². The molecule has 0 saturated heterocycles. The van der Waals surface area contributed by atoms with Gasteiger partial charge in [-0.05, 0) is 47.5 Å². The summed E-state index contributed by atoms with van der Waals surface area (Å²) in [6, 6.07) is 21.0. The molecule has 0 unspecified atom stereocenters. The number of ether oxygens (including phenoxy) is 3. The second kappa shape index (κ2) is 9.10. The molecule has 0 aromatic heterocycles. The van der Waals surface area contributed by atoms with Crippen LogP contribution in [0.4, 0.5) is 5.69 Å². The average molecular weight is 382 g/mol. The summed E-state index contributed by atoms with van der Waals surface area (Å²) >= 11 is 6.42. The molecular weight excluding hydrogens is 362 g/mol. The summed E-state index contributed by atoms with van der Waals surface area (Å²) in [6.07, 6.45) is 1.73. The van der Waals surface area contributed by atoms with Crippen molar-refractivity contribution in [2.24, 2.45) is 4.99 Å². The number of rotatable bonds is 7. The largest absolute Gasteiger partial charge is 0.497 e. The summed E-state index contributed by atoms with van der Waals surface area (Å²) in [7, 11) is 3.22. The lowest BCUT2D eigenvalue weighted by Crippen LogP contribution is -1.99. The van der Waals surface area contributed by atoms with Gasteiger partial charge in [0.15, 0.2) is 11.5 Å². The molecular formula is C22H20ClNO3. The van der Waals surface area contributed by atoms with Crippen molar-refractivity contribution < 1.29 is 14.2 Å². The summed E-state index contributed by atoms with van der Waals surface area (Å²) in [4.78, 5) is 4.46. The van der Waals surface area contributed by atoms with E-state index in [-0.39, 0.29) is 0 Å². The molecule has 0 radical (unpaired) electrons. The first-order valence-electron chi connectivity index (χ1n) is 8.42. The Morgan fingerprint density at radius 2 is 1.67 bits per heavy atom. The van der Waals surface area contributed by atoms with Gasteiger partial charge in [0.1, 0.15) is 12.4 Å². The van der Waals surface area contributed by atoms with Crippen molar-refractivity contribution in [3.05, 3.63) is 82.9 Å². The van der Waals surface area contributed by atoms with Gasteiger partial charge in [-0.1, -0.05) is 41.9 Å². The van der Waals surface area contributed by atoms with Gasteiger partial charge < -0.3 is 14.2 Å². The minimum Gasteiger partial charge on any atom is -0.497 e. The topological polar surface area (TPSA) is 40.0 Å². The molecule has 27 heavy (non-hydrogen) atoms. The predicted molar refractivity (Wildman–Crippen MR) is 109 cm³/mol. The van der Waals surface area contributed by atoms with Gasteiger partial charge in [-0.15, -0.1) is 0 Å². The van der Waals surface area contributed by atoms with Gasteiger partial charge >= 0.3 is 0 Å². The van der Waals surface area contributed by atoms with Crippen molar-refractivity contribution in [1.82, 2.24) is 0 Å². The molecule has 3 rings (SSSR count). The summed E-state index contributed by atoms with van der Waals surface area (Å²) in [5.74, 6) is 1.87. The maximum absolute atomic E-state index is 6.42. The lowest BCUT2D eigenvalue weighted by molar-refractivity contribution is 0.284. The van der Waals surface area contributed by atoms with Gasteiger partial charge in [0.25, 0.3) is 0 Å². The van der Waals surface area contributed by atoms with Gasteiger partial charge in [-0.2, -0.15) is 0 Å². The molecule has 0 saturated carbocycles. The number of hydrogen-bond donors (Lipinski definition) is 0. The normalized spacial score (nSPS) is 10.8.